The number of rotatable bonds is 3. The average molecular weight is 446 g/mol. The molecule has 1 aromatic heterocycles. The van der Waals surface area contributed by atoms with E-state index in [9.17, 15) is 4.79 Å². The van der Waals surface area contributed by atoms with Gasteiger partial charge >= 0.3 is 0 Å². The lowest BCUT2D eigenvalue weighted by Gasteiger charge is -2.34. The van der Waals surface area contributed by atoms with Crippen molar-refractivity contribution in [2.24, 2.45) is 4.99 Å². The number of nitrogens with one attached hydrogen (secondary N) is 2. The minimum Gasteiger partial charge on any atom is -0.441 e. The lowest BCUT2D eigenvalue weighted by atomic mass is 10.1. The van der Waals surface area contributed by atoms with Crippen LogP contribution in [0.3, 0.4) is 0 Å². The predicted octanol–water partition coefficient (Wildman–Crippen LogP) is 3.82. The van der Waals surface area contributed by atoms with Gasteiger partial charge in [0.2, 0.25) is 0 Å². The second-order valence-electron chi connectivity index (χ2n) is 7.49. The van der Waals surface area contributed by atoms with Gasteiger partial charge in [-0.25, -0.2) is 4.98 Å². The highest BCUT2D eigenvalue weighted by atomic mass is 32.2. The van der Waals surface area contributed by atoms with Crippen molar-refractivity contribution < 1.29 is 9.21 Å². The topological polar surface area (TPSA) is 82.8 Å². The number of amides is 1. The molecule has 0 spiro atoms. The molecule has 30 heavy (non-hydrogen) atoms. The Morgan fingerprint density at radius 3 is 2.87 bits per heavy atom. The van der Waals surface area contributed by atoms with E-state index in [2.05, 4.69) is 27.4 Å². The van der Waals surface area contributed by atoms with Crippen LogP contribution in [0.5, 0.6) is 0 Å². The van der Waals surface area contributed by atoms with Gasteiger partial charge in [0.1, 0.15) is 5.52 Å². The number of hydrogen-bond donors (Lipinski definition) is 2. The van der Waals surface area contributed by atoms with Gasteiger partial charge < -0.3 is 20.0 Å². The molecule has 1 aromatic carbocycles. The molecular formula is C21H27N5O2S2. The minimum atomic E-state index is -0.111. The minimum absolute atomic E-state index is 0.111. The third-order valence-electron chi connectivity index (χ3n) is 5.25. The summed E-state index contributed by atoms with van der Waals surface area (Å²) >= 11 is 3.22. The zero-order chi connectivity index (χ0) is 21.1. The van der Waals surface area contributed by atoms with Crippen molar-refractivity contribution in [1.29, 1.82) is 0 Å². The molecule has 9 heteroatoms. The number of likely N-dealkylation sites (tertiary alicyclic amines) is 1. The number of aliphatic imine (C=N–C) groups is 1. The molecular weight excluding hydrogens is 418 g/mol. The number of hydrogen-bond acceptors (Lipinski definition) is 8. The van der Waals surface area contributed by atoms with Gasteiger partial charge in [0.05, 0.1) is 10.8 Å². The molecule has 4 rings (SSSR count). The molecule has 0 radical (unpaired) electrons. The van der Waals surface area contributed by atoms with Crippen molar-refractivity contribution in [3.05, 3.63) is 35.1 Å². The third-order valence-corrected chi connectivity index (χ3v) is 7.24. The zero-order valence-electron chi connectivity index (χ0n) is 17.5. The van der Waals surface area contributed by atoms with Crippen LogP contribution in [0.25, 0.3) is 11.1 Å². The number of carbonyl (C=O) groups is 1. The first-order chi connectivity index (χ1) is 14.5. The maximum absolute atomic E-state index is 12.9. The number of piperidine rings is 1. The molecule has 0 aliphatic carbocycles. The summed E-state index contributed by atoms with van der Waals surface area (Å²) in [5.74, 6) is 1.05. The molecule has 1 atom stereocenters. The second kappa shape index (κ2) is 9.45. The summed E-state index contributed by atoms with van der Waals surface area (Å²) in [6, 6.07) is 6.10. The molecule has 2 aliphatic rings. The van der Waals surface area contributed by atoms with E-state index in [0.29, 0.717) is 28.4 Å². The first-order valence-electron chi connectivity index (χ1n) is 10.2. The van der Waals surface area contributed by atoms with Crippen LogP contribution in [-0.2, 0) is 4.79 Å². The number of oxazole rings is 1. The van der Waals surface area contributed by atoms with E-state index in [4.69, 9.17) is 9.41 Å². The first kappa shape index (κ1) is 21.3. The van der Waals surface area contributed by atoms with Crippen molar-refractivity contribution in [3.63, 3.8) is 0 Å². The van der Waals surface area contributed by atoms with Gasteiger partial charge in [0, 0.05) is 37.0 Å². The molecule has 3 heterocycles. The van der Waals surface area contributed by atoms with E-state index < -0.39 is 0 Å². The van der Waals surface area contributed by atoms with Gasteiger partial charge in [0.15, 0.2) is 16.6 Å². The molecule has 1 fully saturated rings. The van der Waals surface area contributed by atoms with Crippen molar-refractivity contribution in [2.75, 3.05) is 31.3 Å². The number of benzene rings is 1. The molecule has 7 nitrogen and oxygen atoms in total. The largest absolute Gasteiger partial charge is 0.441 e. The summed E-state index contributed by atoms with van der Waals surface area (Å²) in [4.78, 5) is 25.1. The standard InChI is InChI=1S/C21H27N5O2S2/c1-13-10-19(20(27)25-16-4-5-18-17(11-16)24-14(2)28-18)29-12-23-21(30-13)26-8-6-15(22-3)7-9-26/h4-5,10-11,13,15,22H,6-9,12H2,1-3H3,(H,25,27)/b19-10-,23-21-. The van der Waals surface area contributed by atoms with E-state index in [1.54, 1.807) is 11.8 Å². The molecule has 160 valence electrons. The Kier molecular flexibility index (Phi) is 6.70. The van der Waals surface area contributed by atoms with E-state index in [1.165, 1.54) is 11.8 Å². The van der Waals surface area contributed by atoms with Crippen LogP contribution >= 0.6 is 23.5 Å². The maximum Gasteiger partial charge on any atom is 0.261 e. The maximum atomic E-state index is 12.9. The first-order valence-corrected chi connectivity index (χ1v) is 12.0. The van der Waals surface area contributed by atoms with Crippen LogP contribution in [0, 0.1) is 6.92 Å². The summed E-state index contributed by atoms with van der Waals surface area (Å²) < 4.78 is 5.50. The second-order valence-corrected chi connectivity index (χ2v) is 9.82. The lowest BCUT2D eigenvalue weighted by molar-refractivity contribution is -0.112. The van der Waals surface area contributed by atoms with Crippen molar-refractivity contribution in [1.82, 2.24) is 15.2 Å². The lowest BCUT2D eigenvalue weighted by Crippen LogP contribution is -2.43. The molecule has 2 aliphatic heterocycles. The van der Waals surface area contributed by atoms with Crippen LogP contribution in [0.2, 0.25) is 0 Å². The quantitative estimate of drug-likeness (QED) is 0.743. The Hall–Kier alpha value is -1.97. The molecule has 2 N–H and O–H groups in total. The molecule has 0 bridgehead atoms. The average Bonchev–Trinajstić information content (AvgIpc) is 3.09. The molecule has 1 unspecified atom stereocenters. The number of anilines is 1. The van der Waals surface area contributed by atoms with Crippen molar-refractivity contribution in [2.45, 2.75) is 38.0 Å². The summed E-state index contributed by atoms with van der Waals surface area (Å²) in [6.07, 6.45) is 4.31. The number of nitrogens with zero attached hydrogens (tertiary/aromatic N) is 3. The SMILES string of the molecule is CNC1CCN(/C2=N/CS/C(C(=O)Nc3ccc4oc(C)nc4c3)=C\C(C)S2)CC1. The van der Waals surface area contributed by atoms with E-state index in [0.717, 1.165) is 42.2 Å². The zero-order valence-corrected chi connectivity index (χ0v) is 19.1. The van der Waals surface area contributed by atoms with Gasteiger partial charge in [-0.1, -0.05) is 29.6 Å². The Morgan fingerprint density at radius 1 is 1.30 bits per heavy atom. The summed E-state index contributed by atoms with van der Waals surface area (Å²) in [6.45, 7) is 5.97. The van der Waals surface area contributed by atoms with E-state index in [1.807, 2.05) is 38.2 Å². The number of amidine groups is 1. The Morgan fingerprint density at radius 2 is 2.10 bits per heavy atom. The fourth-order valence-corrected chi connectivity index (χ4v) is 5.63. The number of aromatic nitrogens is 1. The van der Waals surface area contributed by atoms with E-state index in [-0.39, 0.29) is 11.2 Å². The fraction of sp³-hybridized carbons (Fsp3) is 0.476. The van der Waals surface area contributed by atoms with Crippen LogP contribution in [0.15, 0.2) is 38.6 Å². The molecule has 0 saturated carbocycles. The van der Waals surface area contributed by atoms with Crippen molar-refractivity contribution in [3.8, 4) is 0 Å². The smallest absolute Gasteiger partial charge is 0.261 e. The third kappa shape index (κ3) is 5.01. The van der Waals surface area contributed by atoms with Gasteiger partial charge in [0.25, 0.3) is 5.91 Å². The van der Waals surface area contributed by atoms with Gasteiger partial charge in [-0.15, -0.1) is 0 Å². The highest BCUT2D eigenvalue weighted by Crippen LogP contribution is 2.29. The molecule has 2 aromatic rings. The monoisotopic (exact) mass is 445 g/mol. The Labute approximate surface area is 185 Å². The normalized spacial score (nSPS) is 24.5. The molecule has 1 amide bonds. The van der Waals surface area contributed by atoms with E-state index >= 15 is 0 Å². The number of aryl methyl sites for hydroxylation is 1. The molecule has 1 saturated heterocycles. The number of fused-ring (bicyclic) bond motifs is 1. The number of carbonyl (C=O) groups excluding carboxylic acids is 1. The highest BCUT2D eigenvalue weighted by molar-refractivity contribution is 8.14. The van der Waals surface area contributed by atoms with Gasteiger partial charge in [-0.05, 0) is 45.0 Å². The predicted molar refractivity (Wildman–Crippen MR) is 126 cm³/mol. The van der Waals surface area contributed by atoms with Gasteiger partial charge in [-0.2, -0.15) is 0 Å². The number of thioether (sulfide) groups is 2. The van der Waals surface area contributed by atoms with Crippen LogP contribution in [-0.4, -0.2) is 58.3 Å². The van der Waals surface area contributed by atoms with Crippen LogP contribution in [0.4, 0.5) is 5.69 Å². The summed E-state index contributed by atoms with van der Waals surface area (Å²) in [5.41, 5.74) is 2.17. The van der Waals surface area contributed by atoms with Crippen molar-refractivity contribution >= 4 is 51.4 Å². The Balaban J connectivity index is 1.39. The summed E-state index contributed by atoms with van der Waals surface area (Å²) in [7, 11) is 2.03. The summed E-state index contributed by atoms with van der Waals surface area (Å²) in [5, 5.41) is 7.61. The Bertz CT molecular complexity index is 979. The fourth-order valence-electron chi connectivity index (χ4n) is 3.64. The van der Waals surface area contributed by atoms with Crippen LogP contribution in [0.1, 0.15) is 25.7 Å². The highest BCUT2D eigenvalue weighted by Gasteiger charge is 2.24. The van der Waals surface area contributed by atoms with Gasteiger partial charge in [-0.3, -0.25) is 9.79 Å². The van der Waals surface area contributed by atoms with Crippen LogP contribution < -0.4 is 10.6 Å².